The molecule has 1 aliphatic rings. The highest BCUT2D eigenvalue weighted by Crippen LogP contribution is 2.22. The van der Waals surface area contributed by atoms with Crippen LogP contribution >= 0.6 is 0 Å². The maximum atomic E-state index is 12.8. The van der Waals surface area contributed by atoms with Gasteiger partial charge in [-0.1, -0.05) is 49.6 Å². The van der Waals surface area contributed by atoms with Gasteiger partial charge in [0.05, 0.1) is 6.54 Å². The Hall–Kier alpha value is -2.63. The summed E-state index contributed by atoms with van der Waals surface area (Å²) in [6, 6.07) is 11.2. The zero-order chi connectivity index (χ0) is 19.2. The van der Waals surface area contributed by atoms with Crippen molar-refractivity contribution in [1.29, 1.82) is 0 Å². The Kier molecular flexibility index (Phi) is 6.27. The predicted octanol–water partition coefficient (Wildman–Crippen LogP) is 2.24. The van der Waals surface area contributed by atoms with Crippen LogP contribution in [0.5, 0.6) is 0 Å². The second kappa shape index (κ2) is 8.84. The van der Waals surface area contributed by atoms with Gasteiger partial charge in [-0.15, -0.1) is 0 Å². The predicted molar refractivity (Wildman–Crippen MR) is 105 cm³/mol. The number of carbonyl (C=O) groups excluding carboxylic acids is 1. The van der Waals surface area contributed by atoms with Crippen molar-refractivity contribution in [2.24, 2.45) is 0 Å². The van der Waals surface area contributed by atoms with E-state index >= 15 is 0 Å². The molecule has 1 saturated carbocycles. The molecule has 144 valence electrons. The second-order valence-corrected chi connectivity index (χ2v) is 7.11. The molecule has 0 aliphatic heterocycles. The molecule has 27 heavy (non-hydrogen) atoms. The molecule has 2 aromatic rings. The summed E-state index contributed by atoms with van der Waals surface area (Å²) in [5.74, 6) is -0.152. The average molecular weight is 369 g/mol. The van der Waals surface area contributed by atoms with Crippen LogP contribution in [0, 0.1) is 0 Å². The fourth-order valence-electron chi connectivity index (χ4n) is 3.86. The molecule has 1 aromatic heterocycles. The van der Waals surface area contributed by atoms with Gasteiger partial charge in [-0.2, -0.15) is 0 Å². The zero-order valence-corrected chi connectivity index (χ0v) is 15.8. The van der Waals surface area contributed by atoms with Crippen LogP contribution < -0.4 is 11.2 Å². The number of carbonyl (C=O) groups is 1. The standard InChI is InChI=1S/C21H27N3O3/c1-2-23(18-11-7-4-8-12-18)20(26)16-24-19(25)13-14-22(21(24)27)15-17-9-5-3-6-10-17/h3,5-6,9-10,13-14,18H,2,4,7-8,11-12,15-16H2,1H3. The van der Waals surface area contributed by atoms with Crippen molar-refractivity contribution in [2.75, 3.05) is 6.54 Å². The summed E-state index contributed by atoms with van der Waals surface area (Å²) in [7, 11) is 0. The third kappa shape index (κ3) is 4.56. The molecule has 1 heterocycles. The number of hydrogen-bond acceptors (Lipinski definition) is 3. The van der Waals surface area contributed by atoms with Crippen LogP contribution in [-0.2, 0) is 17.9 Å². The molecule has 0 atom stereocenters. The Morgan fingerprint density at radius 2 is 1.78 bits per heavy atom. The van der Waals surface area contributed by atoms with Gasteiger partial charge in [0.1, 0.15) is 6.54 Å². The Labute approximate surface area is 159 Å². The largest absolute Gasteiger partial charge is 0.338 e. The highest BCUT2D eigenvalue weighted by Gasteiger charge is 2.25. The van der Waals surface area contributed by atoms with Crippen LogP contribution in [0.2, 0.25) is 0 Å². The average Bonchev–Trinajstić information content (AvgIpc) is 2.69. The van der Waals surface area contributed by atoms with Crippen molar-refractivity contribution in [2.45, 2.75) is 58.2 Å². The Balaban J connectivity index is 1.81. The monoisotopic (exact) mass is 369 g/mol. The van der Waals surface area contributed by atoms with E-state index in [-0.39, 0.29) is 18.5 Å². The lowest BCUT2D eigenvalue weighted by molar-refractivity contribution is -0.134. The second-order valence-electron chi connectivity index (χ2n) is 7.11. The normalized spacial score (nSPS) is 14.9. The quantitative estimate of drug-likeness (QED) is 0.784. The smallest absolute Gasteiger partial charge is 0.331 e. The summed E-state index contributed by atoms with van der Waals surface area (Å²) < 4.78 is 2.53. The molecule has 1 amide bonds. The minimum absolute atomic E-state index is 0.152. The van der Waals surface area contributed by atoms with E-state index in [4.69, 9.17) is 0 Å². The SMILES string of the molecule is CCN(C(=O)Cn1c(=O)ccn(Cc2ccccc2)c1=O)C1CCCCC1. The minimum Gasteiger partial charge on any atom is -0.338 e. The van der Waals surface area contributed by atoms with Gasteiger partial charge in [0.15, 0.2) is 0 Å². The summed E-state index contributed by atoms with van der Waals surface area (Å²) in [6.45, 7) is 2.73. The molecule has 0 unspecified atom stereocenters. The molecule has 1 fully saturated rings. The molecular formula is C21H27N3O3. The van der Waals surface area contributed by atoms with E-state index in [2.05, 4.69) is 0 Å². The van der Waals surface area contributed by atoms with Crippen LogP contribution in [0.1, 0.15) is 44.6 Å². The summed E-state index contributed by atoms with van der Waals surface area (Å²) in [5, 5.41) is 0. The van der Waals surface area contributed by atoms with Gasteiger partial charge in [0.25, 0.3) is 5.56 Å². The van der Waals surface area contributed by atoms with Gasteiger partial charge in [-0.3, -0.25) is 18.7 Å². The van der Waals surface area contributed by atoms with Gasteiger partial charge >= 0.3 is 5.69 Å². The summed E-state index contributed by atoms with van der Waals surface area (Å²) in [4.78, 5) is 39.7. The lowest BCUT2D eigenvalue weighted by atomic mass is 9.94. The van der Waals surface area contributed by atoms with Gasteiger partial charge in [-0.05, 0) is 25.3 Å². The number of benzene rings is 1. The van der Waals surface area contributed by atoms with E-state index in [0.29, 0.717) is 13.1 Å². The van der Waals surface area contributed by atoms with E-state index in [9.17, 15) is 14.4 Å². The third-order valence-corrected chi connectivity index (χ3v) is 5.31. The van der Waals surface area contributed by atoms with Crippen LogP contribution in [0.15, 0.2) is 52.2 Å². The van der Waals surface area contributed by atoms with Crippen LogP contribution in [-0.4, -0.2) is 32.5 Å². The summed E-state index contributed by atoms with van der Waals surface area (Å²) >= 11 is 0. The first kappa shape index (κ1) is 19.1. The fraction of sp³-hybridized carbons (Fsp3) is 0.476. The first-order chi connectivity index (χ1) is 13.1. The number of rotatable bonds is 6. The summed E-state index contributed by atoms with van der Waals surface area (Å²) in [6.07, 6.45) is 6.97. The molecular weight excluding hydrogens is 342 g/mol. The highest BCUT2D eigenvalue weighted by molar-refractivity contribution is 5.76. The fourth-order valence-corrected chi connectivity index (χ4v) is 3.86. The third-order valence-electron chi connectivity index (χ3n) is 5.31. The molecule has 1 aliphatic carbocycles. The number of hydrogen-bond donors (Lipinski definition) is 0. The lowest BCUT2D eigenvalue weighted by Crippen LogP contribution is -2.47. The summed E-state index contributed by atoms with van der Waals surface area (Å²) in [5.41, 5.74) is 0.0882. The molecule has 6 nitrogen and oxygen atoms in total. The maximum absolute atomic E-state index is 12.8. The Morgan fingerprint density at radius 1 is 1.07 bits per heavy atom. The van der Waals surface area contributed by atoms with Crippen molar-refractivity contribution < 1.29 is 4.79 Å². The molecule has 0 radical (unpaired) electrons. The number of nitrogens with zero attached hydrogens (tertiary/aromatic N) is 3. The van der Waals surface area contributed by atoms with E-state index in [1.807, 2.05) is 42.2 Å². The van der Waals surface area contributed by atoms with Crippen molar-refractivity contribution in [3.63, 3.8) is 0 Å². The van der Waals surface area contributed by atoms with Crippen LogP contribution in [0.4, 0.5) is 0 Å². The van der Waals surface area contributed by atoms with E-state index in [0.717, 1.165) is 35.8 Å². The van der Waals surface area contributed by atoms with E-state index in [1.165, 1.54) is 23.3 Å². The maximum Gasteiger partial charge on any atom is 0.331 e. The van der Waals surface area contributed by atoms with E-state index < -0.39 is 11.2 Å². The highest BCUT2D eigenvalue weighted by atomic mass is 16.2. The van der Waals surface area contributed by atoms with Crippen molar-refractivity contribution in [3.8, 4) is 0 Å². The molecule has 6 heteroatoms. The van der Waals surface area contributed by atoms with Crippen molar-refractivity contribution in [3.05, 3.63) is 69.0 Å². The number of likely N-dealkylation sites (N-methyl/N-ethyl adjacent to an activating group) is 1. The molecule has 0 bridgehead atoms. The van der Waals surface area contributed by atoms with Crippen LogP contribution in [0.25, 0.3) is 0 Å². The topological polar surface area (TPSA) is 64.3 Å². The first-order valence-electron chi connectivity index (χ1n) is 9.74. The van der Waals surface area contributed by atoms with Crippen LogP contribution in [0.3, 0.4) is 0 Å². The van der Waals surface area contributed by atoms with Gasteiger partial charge in [-0.25, -0.2) is 4.79 Å². The van der Waals surface area contributed by atoms with Gasteiger partial charge in [0.2, 0.25) is 5.91 Å². The van der Waals surface area contributed by atoms with Gasteiger partial charge in [0, 0.05) is 24.8 Å². The Morgan fingerprint density at radius 3 is 2.44 bits per heavy atom. The minimum atomic E-state index is -0.445. The van der Waals surface area contributed by atoms with Crippen molar-refractivity contribution >= 4 is 5.91 Å². The molecule has 0 saturated heterocycles. The zero-order valence-electron chi connectivity index (χ0n) is 15.8. The van der Waals surface area contributed by atoms with Gasteiger partial charge < -0.3 is 4.90 Å². The molecule has 3 rings (SSSR count). The molecule has 0 spiro atoms. The number of aromatic nitrogens is 2. The Bertz CT molecular complexity index is 880. The number of amides is 1. The molecule has 1 aromatic carbocycles. The molecule has 0 N–H and O–H groups in total. The lowest BCUT2D eigenvalue weighted by Gasteiger charge is -2.33. The first-order valence-corrected chi connectivity index (χ1v) is 9.74. The van der Waals surface area contributed by atoms with Crippen molar-refractivity contribution in [1.82, 2.24) is 14.0 Å². The van der Waals surface area contributed by atoms with E-state index in [1.54, 1.807) is 0 Å².